The zero-order valence-corrected chi connectivity index (χ0v) is 14.4. The quantitative estimate of drug-likeness (QED) is 0.395. The van der Waals surface area contributed by atoms with Crippen LogP contribution in [0.15, 0.2) is 0 Å². The summed E-state index contributed by atoms with van der Waals surface area (Å²) in [4.78, 5) is 0. The van der Waals surface area contributed by atoms with Gasteiger partial charge in [-0.1, -0.05) is 0 Å². The third-order valence-corrected chi connectivity index (χ3v) is 4.44. The van der Waals surface area contributed by atoms with Crippen molar-refractivity contribution in [2.45, 2.75) is 53.5 Å². The van der Waals surface area contributed by atoms with Crippen molar-refractivity contribution in [2.75, 3.05) is 32.8 Å². The summed E-state index contributed by atoms with van der Waals surface area (Å²) < 4.78 is 33.3. The third-order valence-electron chi connectivity index (χ3n) is 3.91. The van der Waals surface area contributed by atoms with Gasteiger partial charge in [0.05, 0.1) is 32.3 Å². The molecule has 20 heavy (non-hydrogen) atoms. The largest absolute Gasteiger partial charge is 0.726 e. The van der Waals surface area contributed by atoms with E-state index in [0.29, 0.717) is 0 Å². The first-order valence-corrected chi connectivity index (χ1v) is 8.72. The first kappa shape index (κ1) is 22.1. The molecular formula is C13H32N2O4S. The highest BCUT2D eigenvalue weighted by Gasteiger charge is 2.27. The molecule has 2 N–H and O–H groups in total. The van der Waals surface area contributed by atoms with E-state index in [1.54, 1.807) is 0 Å². The Balaban J connectivity index is 0. The molecule has 0 aliphatic carbocycles. The fourth-order valence-corrected chi connectivity index (χ4v) is 2.73. The van der Waals surface area contributed by atoms with Gasteiger partial charge in [-0.15, -0.1) is 0 Å². The van der Waals surface area contributed by atoms with E-state index in [4.69, 9.17) is 5.73 Å². The van der Waals surface area contributed by atoms with Gasteiger partial charge in [0.15, 0.2) is 0 Å². The van der Waals surface area contributed by atoms with Gasteiger partial charge < -0.3 is 14.8 Å². The van der Waals surface area contributed by atoms with E-state index in [9.17, 15) is 13.0 Å². The van der Waals surface area contributed by atoms with Crippen LogP contribution in [0.1, 0.15) is 47.5 Å². The molecule has 0 aliphatic rings. The lowest BCUT2D eigenvalue weighted by atomic mass is 10.1. The van der Waals surface area contributed by atoms with Crippen LogP contribution in [-0.4, -0.2) is 56.3 Å². The molecule has 0 fully saturated rings. The summed E-state index contributed by atoms with van der Waals surface area (Å²) in [6.45, 7) is 15.2. The molecule has 0 aliphatic heterocycles. The van der Waals surface area contributed by atoms with Gasteiger partial charge in [0.25, 0.3) is 0 Å². The minimum absolute atomic E-state index is 0.0914. The summed E-state index contributed by atoms with van der Waals surface area (Å²) in [5.41, 5.74) is 5.54. The van der Waals surface area contributed by atoms with E-state index in [0.717, 1.165) is 12.6 Å². The van der Waals surface area contributed by atoms with Crippen molar-refractivity contribution in [3.05, 3.63) is 0 Å². The molecule has 0 spiro atoms. The van der Waals surface area contributed by atoms with Crippen LogP contribution >= 0.6 is 0 Å². The van der Waals surface area contributed by atoms with Crippen LogP contribution in [0.5, 0.6) is 0 Å². The molecule has 6 nitrogen and oxygen atoms in total. The SMILES string of the molecule is CCOS(=O)(=O)[O-].CC[N+](CC)(CC)C(C)CCCN. The van der Waals surface area contributed by atoms with Crippen molar-refractivity contribution in [2.24, 2.45) is 5.73 Å². The molecule has 124 valence electrons. The molecule has 0 amide bonds. The Kier molecular flexibility index (Phi) is 12.6. The van der Waals surface area contributed by atoms with Crippen molar-refractivity contribution >= 4 is 10.4 Å². The summed E-state index contributed by atoms with van der Waals surface area (Å²) in [5.74, 6) is 0. The number of hydrogen-bond acceptors (Lipinski definition) is 5. The van der Waals surface area contributed by atoms with Crippen molar-refractivity contribution in [1.29, 1.82) is 0 Å². The smallest absolute Gasteiger partial charge is 0.217 e. The maximum Gasteiger partial charge on any atom is 0.217 e. The Labute approximate surface area is 124 Å². The van der Waals surface area contributed by atoms with E-state index < -0.39 is 10.4 Å². The number of nitrogens with zero attached hydrogens (tertiary/aromatic N) is 1. The van der Waals surface area contributed by atoms with E-state index >= 15 is 0 Å². The minimum atomic E-state index is -4.42. The predicted molar refractivity (Wildman–Crippen MR) is 81.0 cm³/mol. The molecule has 0 saturated heterocycles. The van der Waals surface area contributed by atoms with Gasteiger partial charge in [0.2, 0.25) is 10.4 Å². The van der Waals surface area contributed by atoms with Crippen LogP contribution in [-0.2, 0) is 14.6 Å². The highest BCUT2D eigenvalue weighted by Crippen LogP contribution is 2.16. The van der Waals surface area contributed by atoms with Crippen LogP contribution in [0.4, 0.5) is 0 Å². The number of hydrogen-bond donors (Lipinski definition) is 1. The van der Waals surface area contributed by atoms with Crippen LogP contribution in [0, 0.1) is 0 Å². The van der Waals surface area contributed by atoms with E-state index in [2.05, 4.69) is 31.9 Å². The lowest BCUT2D eigenvalue weighted by Crippen LogP contribution is -2.53. The van der Waals surface area contributed by atoms with Crippen molar-refractivity contribution in [3.63, 3.8) is 0 Å². The average Bonchev–Trinajstić information content (AvgIpc) is 2.38. The van der Waals surface area contributed by atoms with Crippen LogP contribution < -0.4 is 5.73 Å². The normalized spacial score (nSPS) is 13.6. The van der Waals surface area contributed by atoms with Crippen LogP contribution in [0.25, 0.3) is 0 Å². The first-order chi connectivity index (χ1) is 9.22. The topological polar surface area (TPSA) is 92.5 Å². The zero-order chi connectivity index (χ0) is 16.2. The summed E-state index contributed by atoms with van der Waals surface area (Å²) in [7, 11) is -4.42. The minimum Gasteiger partial charge on any atom is -0.726 e. The summed E-state index contributed by atoms with van der Waals surface area (Å²) >= 11 is 0. The molecule has 1 unspecified atom stereocenters. The Morgan fingerprint density at radius 2 is 1.60 bits per heavy atom. The molecule has 0 aromatic carbocycles. The Hall–Kier alpha value is -0.210. The van der Waals surface area contributed by atoms with E-state index in [1.807, 2.05) is 0 Å². The lowest BCUT2D eigenvalue weighted by molar-refractivity contribution is -0.945. The summed E-state index contributed by atoms with van der Waals surface area (Å²) in [6.07, 6.45) is 2.44. The molecule has 0 aromatic rings. The Bertz CT molecular complexity index is 308. The molecule has 0 saturated carbocycles. The highest BCUT2D eigenvalue weighted by atomic mass is 32.3. The second kappa shape index (κ2) is 11.4. The molecular weight excluding hydrogens is 280 g/mol. The number of nitrogens with two attached hydrogens (primary N) is 1. The number of rotatable bonds is 9. The molecule has 1 atom stereocenters. The highest BCUT2D eigenvalue weighted by molar-refractivity contribution is 7.80. The van der Waals surface area contributed by atoms with Gasteiger partial charge in [-0.2, -0.15) is 0 Å². The average molecular weight is 312 g/mol. The molecule has 0 aromatic heterocycles. The standard InChI is InChI=1S/C11H27N2.C2H6O4S/c1-5-13(6-2,7-3)11(4)9-8-10-12;1-2-6-7(3,4)5/h11H,5-10,12H2,1-4H3;2H2,1H3,(H,3,4,5)/q+1;/p-1. The maximum atomic E-state index is 9.45. The van der Waals surface area contributed by atoms with Gasteiger partial charge in [-0.25, -0.2) is 8.42 Å². The van der Waals surface area contributed by atoms with E-state index in [-0.39, 0.29) is 6.61 Å². The van der Waals surface area contributed by atoms with Gasteiger partial charge in [0.1, 0.15) is 0 Å². The van der Waals surface area contributed by atoms with Crippen LogP contribution in [0.3, 0.4) is 0 Å². The van der Waals surface area contributed by atoms with Gasteiger partial charge >= 0.3 is 0 Å². The van der Waals surface area contributed by atoms with Crippen molar-refractivity contribution < 1.29 is 21.6 Å². The molecule has 0 bridgehead atoms. The fraction of sp³-hybridized carbons (Fsp3) is 1.00. The van der Waals surface area contributed by atoms with E-state index in [1.165, 1.54) is 43.9 Å². The second-order valence-electron chi connectivity index (χ2n) is 4.76. The fourth-order valence-electron chi connectivity index (χ4n) is 2.44. The molecule has 0 radical (unpaired) electrons. The van der Waals surface area contributed by atoms with Crippen molar-refractivity contribution in [3.8, 4) is 0 Å². The maximum absolute atomic E-state index is 9.45. The zero-order valence-electron chi connectivity index (χ0n) is 13.6. The third kappa shape index (κ3) is 9.66. The Morgan fingerprint density at radius 3 is 1.80 bits per heavy atom. The van der Waals surface area contributed by atoms with Crippen LogP contribution in [0.2, 0.25) is 0 Å². The summed E-state index contributed by atoms with van der Waals surface area (Å²) in [6, 6.07) is 0.767. The lowest BCUT2D eigenvalue weighted by Gasteiger charge is -2.41. The van der Waals surface area contributed by atoms with Gasteiger partial charge in [0, 0.05) is 6.42 Å². The predicted octanol–water partition coefficient (Wildman–Crippen LogP) is 1.47. The number of quaternary nitrogens is 1. The first-order valence-electron chi connectivity index (χ1n) is 7.38. The molecule has 0 rings (SSSR count). The monoisotopic (exact) mass is 312 g/mol. The van der Waals surface area contributed by atoms with Gasteiger partial charge in [-0.3, -0.25) is 4.18 Å². The summed E-state index contributed by atoms with van der Waals surface area (Å²) in [5, 5.41) is 0. The molecule has 0 heterocycles. The van der Waals surface area contributed by atoms with Crippen molar-refractivity contribution in [1.82, 2.24) is 0 Å². The second-order valence-corrected chi connectivity index (χ2v) is 5.81. The Morgan fingerprint density at radius 1 is 1.15 bits per heavy atom. The van der Waals surface area contributed by atoms with Gasteiger partial charge in [-0.05, 0) is 47.6 Å². The molecule has 7 heteroatoms.